The summed E-state index contributed by atoms with van der Waals surface area (Å²) in [6, 6.07) is 12.6. The van der Waals surface area contributed by atoms with Gasteiger partial charge in [-0.15, -0.1) is 0 Å². The Morgan fingerprint density at radius 3 is 2.52 bits per heavy atom. The molecule has 1 fully saturated rings. The number of likely N-dealkylation sites (tertiary alicyclic amines) is 1. The summed E-state index contributed by atoms with van der Waals surface area (Å²) in [6.07, 6.45) is 4.13. The molecule has 1 atom stereocenters. The molecule has 1 aliphatic rings. The first-order valence-corrected chi connectivity index (χ1v) is 9.31. The van der Waals surface area contributed by atoms with Crippen LogP contribution >= 0.6 is 0 Å². The van der Waals surface area contributed by atoms with Gasteiger partial charge in [0.25, 0.3) is 5.91 Å². The predicted molar refractivity (Wildman–Crippen MR) is 106 cm³/mol. The number of benzene rings is 1. The molecule has 0 bridgehead atoms. The Balaban J connectivity index is 1.78. The molecule has 6 heteroatoms. The first kappa shape index (κ1) is 18.9. The van der Waals surface area contributed by atoms with E-state index in [0.29, 0.717) is 17.8 Å². The van der Waals surface area contributed by atoms with Crippen molar-refractivity contribution in [2.75, 3.05) is 32.1 Å². The molecule has 2 aromatic rings. The molecule has 0 spiro atoms. The van der Waals surface area contributed by atoms with Crippen LogP contribution in [0.5, 0.6) is 0 Å². The highest BCUT2D eigenvalue weighted by molar-refractivity contribution is 5.98. The third-order valence-electron chi connectivity index (χ3n) is 4.77. The zero-order valence-electron chi connectivity index (χ0n) is 15.9. The molecular formula is C21H26N4O2. The lowest BCUT2D eigenvalue weighted by atomic mass is 10.0. The second kappa shape index (κ2) is 8.66. The first-order valence-electron chi connectivity index (χ1n) is 9.31. The largest absolute Gasteiger partial charge is 0.363 e. The van der Waals surface area contributed by atoms with Gasteiger partial charge in [0.1, 0.15) is 11.9 Å². The Labute approximate surface area is 160 Å². The predicted octanol–water partition coefficient (Wildman–Crippen LogP) is 2.11. The lowest BCUT2D eigenvalue weighted by molar-refractivity contribution is -0.132. The number of hydrogen-bond donors (Lipinski definition) is 1. The maximum Gasteiger partial charge on any atom is 0.252 e. The van der Waals surface area contributed by atoms with Crippen LogP contribution in [0.3, 0.4) is 0 Å². The highest BCUT2D eigenvalue weighted by atomic mass is 16.2. The van der Waals surface area contributed by atoms with Crippen LogP contribution in [0.4, 0.5) is 5.82 Å². The Morgan fingerprint density at radius 2 is 1.85 bits per heavy atom. The van der Waals surface area contributed by atoms with Gasteiger partial charge in [-0.2, -0.15) is 0 Å². The third kappa shape index (κ3) is 4.84. The van der Waals surface area contributed by atoms with Gasteiger partial charge >= 0.3 is 0 Å². The van der Waals surface area contributed by atoms with E-state index in [9.17, 15) is 9.59 Å². The number of carbonyl (C=O) groups excluding carboxylic acids is 2. The highest BCUT2D eigenvalue weighted by Gasteiger charge is 2.28. The van der Waals surface area contributed by atoms with Gasteiger partial charge in [0, 0.05) is 45.4 Å². The maximum absolute atomic E-state index is 13.0. The van der Waals surface area contributed by atoms with Crippen molar-refractivity contribution < 1.29 is 9.59 Å². The zero-order valence-corrected chi connectivity index (χ0v) is 15.9. The van der Waals surface area contributed by atoms with Gasteiger partial charge in [0.2, 0.25) is 5.91 Å². The van der Waals surface area contributed by atoms with E-state index in [4.69, 9.17) is 0 Å². The van der Waals surface area contributed by atoms with Gasteiger partial charge < -0.3 is 15.1 Å². The van der Waals surface area contributed by atoms with Gasteiger partial charge in [-0.3, -0.25) is 9.59 Å². The average molecular weight is 366 g/mol. The number of hydrogen-bond acceptors (Lipinski definition) is 4. The van der Waals surface area contributed by atoms with E-state index in [1.165, 1.54) is 0 Å². The molecule has 1 aromatic carbocycles. The number of nitrogens with one attached hydrogen (secondary N) is 1. The molecule has 1 N–H and O–H groups in total. The van der Waals surface area contributed by atoms with E-state index in [1.807, 2.05) is 54.2 Å². The summed E-state index contributed by atoms with van der Waals surface area (Å²) in [7, 11) is 3.75. The minimum atomic E-state index is -0.575. The topological polar surface area (TPSA) is 65.5 Å². The summed E-state index contributed by atoms with van der Waals surface area (Å²) in [5, 5.41) is 2.95. The van der Waals surface area contributed by atoms with Crippen LogP contribution in [0.1, 0.15) is 28.8 Å². The molecule has 1 aliphatic heterocycles. The molecule has 3 rings (SSSR count). The summed E-state index contributed by atoms with van der Waals surface area (Å²) in [5.41, 5.74) is 1.53. The van der Waals surface area contributed by atoms with Gasteiger partial charge in [-0.1, -0.05) is 30.3 Å². The van der Waals surface area contributed by atoms with E-state index in [1.54, 1.807) is 18.3 Å². The fraction of sp³-hybridized carbons (Fsp3) is 0.381. The van der Waals surface area contributed by atoms with Crippen LogP contribution in [-0.4, -0.2) is 54.9 Å². The van der Waals surface area contributed by atoms with Crippen molar-refractivity contribution in [2.45, 2.75) is 25.3 Å². The quantitative estimate of drug-likeness (QED) is 0.850. The molecule has 1 aromatic heterocycles. The fourth-order valence-electron chi connectivity index (χ4n) is 3.25. The molecular weight excluding hydrogens is 340 g/mol. The summed E-state index contributed by atoms with van der Waals surface area (Å²) < 4.78 is 0. The van der Waals surface area contributed by atoms with Crippen LogP contribution in [0.15, 0.2) is 48.7 Å². The van der Waals surface area contributed by atoms with Crippen molar-refractivity contribution in [3.8, 4) is 0 Å². The lowest BCUT2D eigenvalue weighted by Crippen LogP contribution is -2.49. The molecule has 6 nitrogen and oxygen atoms in total. The van der Waals surface area contributed by atoms with Crippen molar-refractivity contribution in [1.29, 1.82) is 0 Å². The first-order chi connectivity index (χ1) is 13.0. The smallest absolute Gasteiger partial charge is 0.252 e. The van der Waals surface area contributed by atoms with Crippen LogP contribution < -0.4 is 10.2 Å². The van der Waals surface area contributed by atoms with Crippen molar-refractivity contribution in [3.05, 3.63) is 59.8 Å². The number of nitrogens with zero attached hydrogens (tertiary/aromatic N) is 3. The molecule has 0 aliphatic carbocycles. The zero-order chi connectivity index (χ0) is 19.2. The van der Waals surface area contributed by atoms with E-state index in [-0.39, 0.29) is 11.8 Å². The molecule has 1 saturated heterocycles. The second-order valence-electron chi connectivity index (χ2n) is 7.05. The third-order valence-corrected chi connectivity index (χ3v) is 4.77. The summed E-state index contributed by atoms with van der Waals surface area (Å²) in [5.74, 6) is 0.439. The SMILES string of the molecule is CN(C)c1cc(C(=O)NC(Cc2ccccc2)C(=O)N2CCCC2)ccn1. The molecule has 0 saturated carbocycles. The van der Waals surface area contributed by atoms with Crippen LogP contribution in [0.25, 0.3) is 0 Å². The van der Waals surface area contributed by atoms with Crippen molar-refractivity contribution >= 4 is 17.6 Å². The molecule has 142 valence electrons. The number of rotatable bonds is 6. The lowest BCUT2D eigenvalue weighted by Gasteiger charge is -2.24. The Kier molecular flexibility index (Phi) is 6.06. The van der Waals surface area contributed by atoms with Crippen molar-refractivity contribution in [1.82, 2.24) is 15.2 Å². The Bertz CT molecular complexity index is 786. The van der Waals surface area contributed by atoms with Gasteiger partial charge in [-0.05, 0) is 30.5 Å². The minimum absolute atomic E-state index is 0.00778. The fourth-order valence-corrected chi connectivity index (χ4v) is 3.25. The van der Waals surface area contributed by atoms with Crippen LogP contribution in [0, 0.1) is 0 Å². The number of carbonyl (C=O) groups is 2. The molecule has 27 heavy (non-hydrogen) atoms. The number of anilines is 1. The summed E-state index contributed by atoms with van der Waals surface area (Å²) in [4.78, 5) is 33.7. The standard InChI is InChI=1S/C21H26N4O2/c1-24(2)19-15-17(10-11-22-19)20(26)23-18(14-16-8-4-3-5-9-16)21(27)25-12-6-7-13-25/h3-5,8-11,15,18H,6-7,12-14H2,1-2H3,(H,23,26). The van der Waals surface area contributed by atoms with Gasteiger partial charge in [-0.25, -0.2) is 4.98 Å². The molecule has 2 amide bonds. The highest BCUT2D eigenvalue weighted by Crippen LogP contribution is 2.14. The number of pyridine rings is 1. The maximum atomic E-state index is 13.0. The van der Waals surface area contributed by atoms with Crippen molar-refractivity contribution in [2.24, 2.45) is 0 Å². The number of amides is 2. The summed E-state index contributed by atoms with van der Waals surface area (Å²) in [6.45, 7) is 1.53. The molecule has 0 radical (unpaired) electrons. The van der Waals surface area contributed by atoms with Crippen LogP contribution in [0.2, 0.25) is 0 Å². The molecule has 1 unspecified atom stereocenters. The van der Waals surface area contributed by atoms with E-state index in [2.05, 4.69) is 10.3 Å². The monoisotopic (exact) mass is 366 g/mol. The van der Waals surface area contributed by atoms with E-state index < -0.39 is 6.04 Å². The Morgan fingerprint density at radius 1 is 1.15 bits per heavy atom. The summed E-state index contributed by atoms with van der Waals surface area (Å²) >= 11 is 0. The molecule has 2 heterocycles. The number of aromatic nitrogens is 1. The second-order valence-corrected chi connectivity index (χ2v) is 7.05. The van der Waals surface area contributed by atoms with Crippen LogP contribution in [-0.2, 0) is 11.2 Å². The minimum Gasteiger partial charge on any atom is -0.363 e. The normalized spacial score (nSPS) is 14.7. The van der Waals surface area contributed by atoms with Gasteiger partial charge in [0.05, 0.1) is 0 Å². The van der Waals surface area contributed by atoms with E-state index >= 15 is 0 Å². The van der Waals surface area contributed by atoms with Gasteiger partial charge in [0.15, 0.2) is 0 Å². The Hall–Kier alpha value is -2.89. The van der Waals surface area contributed by atoms with Crippen molar-refractivity contribution in [3.63, 3.8) is 0 Å². The van der Waals surface area contributed by atoms with E-state index in [0.717, 1.165) is 31.5 Å². The average Bonchev–Trinajstić information content (AvgIpc) is 3.22.